The van der Waals surface area contributed by atoms with Gasteiger partial charge < -0.3 is 20.3 Å². The van der Waals surface area contributed by atoms with E-state index >= 15 is 0 Å². The van der Waals surface area contributed by atoms with Crippen LogP contribution >= 0.6 is 0 Å². The van der Waals surface area contributed by atoms with Crippen LogP contribution in [0.5, 0.6) is 5.75 Å². The Hall–Kier alpha value is -2.08. The normalized spacial score (nSPS) is 11.8. The fourth-order valence-corrected chi connectivity index (χ4v) is 1.34. The highest BCUT2D eigenvalue weighted by Gasteiger charge is 2.17. The van der Waals surface area contributed by atoms with Gasteiger partial charge in [-0.2, -0.15) is 0 Å². The van der Waals surface area contributed by atoms with Crippen LogP contribution in [-0.4, -0.2) is 41.8 Å². The van der Waals surface area contributed by atoms with Crippen molar-refractivity contribution >= 4 is 11.9 Å². The molecule has 1 amide bonds. The molecule has 3 N–H and O–H groups in total. The smallest absolute Gasteiger partial charge is 0.334 e. The lowest BCUT2D eigenvalue weighted by Crippen LogP contribution is -2.38. The molecule has 0 spiro atoms. The SMILES string of the molecule is COC(CNC(=O)Cc1ccc(O)cc1)C(=O)O. The van der Waals surface area contributed by atoms with Crippen LogP contribution in [0.4, 0.5) is 0 Å². The topological polar surface area (TPSA) is 95.9 Å². The Bertz CT molecular complexity index is 415. The number of hydrogen-bond donors (Lipinski definition) is 3. The van der Waals surface area contributed by atoms with Crippen molar-refractivity contribution in [2.75, 3.05) is 13.7 Å². The molecule has 0 radical (unpaired) electrons. The van der Waals surface area contributed by atoms with Crippen LogP contribution in [0.25, 0.3) is 0 Å². The second-order valence-corrected chi connectivity index (χ2v) is 3.71. The molecule has 0 aliphatic carbocycles. The van der Waals surface area contributed by atoms with E-state index < -0.39 is 12.1 Å². The summed E-state index contributed by atoms with van der Waals surface area (Å²) in [5.74, 6) is -1.30. The van der Waals surface area contributed by atoms with Crippen molar-refractivity contribution in [3.05, 3.63) is 29.8 Å². The molecule has 1 atom stereocenters. The number of phenols is 1. The number of carbonyl (C=O) groups is 2. The summed E-state index contributed by atoms with van der Waals surface area (Å²) in [5, 5.41) is 20.3. The second-order valence-electron chi connectivity index (χ2n) is 3.71. The first-order valence-corrected chi connectivity index (χ1v) is 5.33. The summed E-state index contributed by atoms with van der Waals surface area (Å²) in [7, 11) is 1.27. The first kappa shape index (κ1) is 14.0. The molecule has 18 heavy (non-hydrogen) atoms. The van der Waals surface area contributed by atoms with Crippen LogP contribution in [0, 0.1) is 0 Å². The Kier molecular flexibility index (Phi) is 5.13. The quantitative estimate of drug-likeness (QED) is 0.670. The molecule has 0 aliphatic heterocycles. The van der Waals surface area contributed by atoms with E-state index in [1.54, 1.807) is 12.1 Å². The zero-order valence-electron chi connectivity index (χ0n) is 9.92. The maximum Gasteiger partial charge on any atom is 0.334 e. The Morgan fingerprint density at radius 1 is 1.33 bits per heavy atom. The summed E-state index contributed by atoms with van der Waals surface area (Å²) in [6.07, 6.45) is -0.926. The number of amides is 1. The van der Waals surface area contributed by atoms with E-state index in [4.69, 9.17) is 10.2 Å². The Morgan fingerprint density at radius 3 is 2.44 bits per heavy atom. The van der Waals surface area contributed by atoms with Gasteiger partial charge in [0.15, 0.2) is 6.10 Å². The summed E-state index contributed by atoms with van der Waals surface area (Å²) in [5.41, 5.74) is 0.731. The number of methoxy groups -OCH3 is 1. The highest BCUT2D eigenvalue weighted by atomic mass is 16.5. The summed E-state index contributed by atoms with van der Waals surface area (Å²) in [6, 6.07) is 6.22. The van der Waals surface area contributed by atoms with Crippen molar-refractivity contribution < 1.29 is 24.5 Å². The fourth-order valence-electron chi connectivity index (χ4n) is 1.34. The molecule has 0 aliphatic rings. The van der Waals surface area contributed by atoms with Crippen molar-refractivity contribution in [3.8, 4) is 5.75 Å². The number of phenolic OH excluding ortho intramolecular Hbond substituents is 1. The molecule has 0 aromatic heterocycles. The van der Waals surface area contributed by atoms with Gasteiger partial charge in [0.05, 0.1) is 13.0 Å². The van der Waals surface area contributed by atoms with Gasteiger partial charge in [-0.3, -0.25) is 4.79 Å². The molecule has 0 saturated heterocycles. The number of aromatic hydroxyl groups is 1. The third-order valence-corrected chi connectivity index (χ3v) is 2.35. The zero-order valence-corrected chi connectivity index (χ0v) is 9.92. The third kappa shape index (κ3) is 4.42. The van der Waals surface area contributed by atoms with Crippen LogP contribution in [0.15, 0.2) is 24.3 Å². The molecule has 0 saturated carbocycles. The van der Waals surface area contributed by atoms with Crippen LogP contribution in [-0.2, 0) is 20.7 Å². The van der Waals surface area contributed by atoms with Gasteiger partial charge in [0.1, 0.15) is 5.75 Å². The van der Waals surface area contributed by atoms with E-state index in [0.717, 1.165) is 5.56 Å². The number of benzene rings is 1. The molecule has 6 nitrogen and oxygen atoms in total. The molecular weight excluding hydrogens is 238 g/mol. The summed E-state index contributed by atoms with van der Waals surface area (Å²) < 4.78 is 4.68. The van der Waals surface area contributed by atoms with E-state index in [9.17, 15) is 9.59 Å². The minimum absolute atomic E-state index is 0.0806. The summed E-state index contributed by atoms with van der Waals surface area (Å²) in [6.45, 7) is -0.0806. The van der Waals surface area contributed by atoms with Crippen LogP contribution in [0.3, 0.4) is 0 Å². The van der Waals surface area contributed by atoms with E-state index in [1.165, 1.54) is 19.2 Å². The molecule has 0 fully saturated rings. The molecule has 98 valence electrons. The Morgan fingerprint density at radius 2 is 1.94 bits per heavy atom. The zero-order chi connectivity index (χ0) is 13.5. The molecular formula is C12H15NO5. The lowest BCUT2D eigenvalue weighted by Gasteiger charge is -2.11. The predicted molar refractivity (Wildman–Crippen MR) is 63.3 cm³/mol. The Labute approximate surface area is 104 Å². The second kappa shape index (κ2) is 6.61. The number of aliphatic carboxylic acids is 1. The average molecular weight is 253 g/mol. The summed E-state index contributed by atoms with van der Waals surface area (Å²) in [4.78, 5) is 22.2. The van der Waals surface area contributed by atoms with Gasteiger partial charge in [-0.15, -0.1) is 0 Å². The van der Waals surface area contributed by atoms with Crippen molar-refractivity contribution in [2.24, 2.45) is 0 Å². The van der Waals surface area contributed by atoms with Gasteiger partial charge in [0.25, 0.3) is 0 Å². The van der Waals surface area contributed by atoms with Crippen molar-refractivity contribution in [3.63, 3.8) is 0 Å². The van der Waals surface area contributed by atoms with E-state index in [-0.39, 0.29) is 24.6 Å². The molecule has 1 rings (SSSR count). The standard InChI is InChI=1S/C12H15NO5/c1-18-10(12(16)17)7-13-11(15)6-8-2-4-9(14)5-3-8/h2-5,10,14H,6-7H2,1H3,(H,13,15)(H,16,17). The molecule has 0 bridgehead atoms. The van der Waals surface area contributed by atoms with Crippen molar-refractivity contribution in [1.29, 1.82) is 0 Å². The van der Waals surface area contributed by atoms with Gasteiger partial charge >= 0.3 is 5.97 Å². The number of carbonyl (C=O) groups excluding carboxylic acids is 1. The molecule has 1 aromatic rings. The van der Waals surface area contributed by atoms with Gasteiger partial charge in [-0.05, 0) is 17.7 Å². The van der Waals surface area contributed by atoms with E-state index in [0.29, 0.717) is 0 Å². The van der Waals surface area contributed by atoms with Crippen LogP contribution in [0.2, 0.25) is 0 Å². The van der Waals surface area contributed by atoms with Crippen LogP contribution in [0.1, 0.15) is 5.56 Å². The number of rotatable bonds is 6. The van der Waals surface area contributed by atoms with Gasteiger partial charge in [0.2, 0.25) is 5.91 Å². The number of carboxylic acid groups (broad SMARTS) is 1. The lowest BCUT2D eigenvalue weighted by molar-refractivity contribution is -0.148. The highest BCUT2D eigenvalue weighted by Crippen LogP contribution is 2.09. The van der Waals surface area contributed by atoms with Crippen molar-refractivity contribution in [1.82, 2.24) is 5.32 Å². The minimum Gasteiger partial charge on any atom is -0.508 e. The van der Waals surface area contributed by atoms with Gasteiger partial charge in [-0.1, -0.05) is 12.1 Å². The number of carboxylic acids is 1. The highest BCUT2D eigenvalue weighted by molar-refractivity contribution is 5.80. The van der Waals surface area contributed by atoms with Crippen molar-refractivity contribution in [2.45, 2.75) is 12.5 Å². The van der Waals surface area contributed by atoms with E-state index in [1.807, 2.05) is 0 Å². The summed E-state index contributed by atoms with van der Waals surface area (Å²) >= 11 is 0. The monoisotopic (exact) mass is 253 g/mol. The molecule has 1 unspecified atom stereocenters. The van der Waals surface area contributed by atoms with Gasteiger partial charge in [-0.25, -0.2) is 4.79 Å². The number of nitrogens with one attached hydrogen (secondary N) is 1. The maximum absolute atomic E-state index is 11.5. The average Bonchev–Trinajstić information content (AvgIpc) is 2.32. The predicted octanol–water partition coefficient (Wildman–Crippen LogP) is 0.150. The fraction of sp³-hybridized carbons (Fsp3) is 0.333. The van der Waals surface area contributed by atoms with Crippen LogP contribution < -0.4 is 5.32 Å². The third-order valence-electron chi connectivity index (χ3n) is 2.35. The first-order chi connectivity index (χ1) is 8.52. The number of ether oxygens (including phenoxy) is 1. The number of hydrogen-bond acceptors (Lipinski definition) is 4. The van der Waals surface area contributed by atoms with E-state index in [2.05, 4.69) is 10.1 Å². The van der Waals surface area contributed by atoms with Gasteiger partial charge in [0, 0.05) is 7.11 Å². The molecule has 1 aromatic carbocycles. The molecule has 0 heterocycles. The lowest BCUT2D eigenvalue weighted by atomic mass is 10.1. The largest absolute Gasteiger partial charge is 0.508 e. The molecule has 6 heteroatoms. The maximum atomic E-state index is 11.5. The Balaban J connectivity index is 2.42. The minimum atomic E-state index is -1.12. The first-order valence-electron chi connectivity index (χ1n) is 5.33.